The molecule has 1 aromatic heterocycles. The van der Waals surface area contributed by atoms with Crippen molar-refractivity contribution in [2.75, 3.05) is 0 Å². The average Bonchev–Trinajstić information content (AvgIpc) is 2.99. The summed E-state index contributed by atoms with van der Waals surface area (Å²) in [5, 5.41) is 13.0. The van der Waals surface area contributed by atoms with E-state index in [1.165, 1.54) is 11.1 Å². The van der Waals surface area contributed by atoms with Crippen LogP contribution < -0.4 is 5.73 Å². The fourth-order valence-electron chi connectivity index (χ4n) is 2.53. The van der Waals surface area contributed by atoms with Crippen molar-refractivity contribution < 1.29 is 5.21 Å². The van der Waals surface area contributed by atoms with E-state index in [-0.39, 0.29) is 5.84 Å². The first-order chi connectivity index (χ1) is 10.3. The molecule has 1 heterocycles. The topological polar surface area (TPSA) is 71.5 Å². The fraction of sp³-hybridized carbons (Fsp3) is 0.250. The number of benzene rings is 1. The molecular weight excluding hydrogens is 282 g/mol. The van der Waals surface area contributed by atoms with Gasteiger partial charge in [0.05, 0.1) is 5.56 Å². The van der Waals surface area contributed by atoms with Gasteiger partial charge in [0.1, 0.15) is 5.03 Å². The minimum Gasteiger partial charge on any atom is -0.409 e. The largest absolute Gasteiger partial charge is 0.409 e. The van der Waals surface area contributed by atoms with Crippen LogP contribution in [0.15, 0.2) is 46.6 Å². The number of fused-ring (bicyclic) bond motifs is 1. The standard InChI is InChI=1S/C16H17N3OS/c17-15(19-20)13-9-12-7-4-8-14(12)18-16(13)21-10-11-5-2-1-3-6-11/h1-3,5-6,9,20H,4,7-8,10H2,(H2,17,19). The fourth-order valence-corrected chi connectivity index (χ4v) is 3.52. The van der Waals surface area contributed by atoms with Crippen molar-refractivity contribution in [3.8, 4) is 0 Å². The molecule has 0 atom stereocenters. The minimum absolute atomic E-state index is 0.132. The molecule has 0 spiro atoms. The van der Waals surface area contributed by atoms with E-state index >= 15 is 0 Å². The number of hydrogen-bond donors (Lipinski definition) is 2. The molecule has 108 valence electrons. The zero-order valence-corrected chi connectivity index (χ0v) is 12.4. The maximum Gasteiger partial charge on any atom is 0.172 e. The number of oxime groups is 1. The van der Waals surface area contributed by atoms with Gasteiger partial charge in [0.15, 0.2) is 5.84 Å². The van der Waals surface area contributed by atoms with E-state index in [4.69, 9.17) is 15.9 Å². The Morgan fingerprint density at radius 1 is 1.29 bits per heavy atom. The highest BCUT2D eigenvalue weighted by molar-refractivity contribution is 7.98. The highest BCUT2D eigenvalue weighted by Crippen LogP contribution is 2.29. The van der Waals surface area contributed by atoms with E-state index in [1.807, 2.05) is 24.3 Å². The molecular formula is C16H17N3OS. The van der Waals surface area contributed by atoms with Crippen molar-refractivity contribution in [3.63, 3.8) is 0 Å². The van der Waals surface area contributed by atoms with Gasteiger partial charge in [-0.2, -0.15) is 0 Å². The average molecular weight is 299 g/mol. The third-order valence-electron chi connectivity index (χ3n) is 3.62. The Hall–Kier alpha value is -2.01. The zero-order chi connectivity index (χ0) is 14.7. The van der Waals surface area contributed by atoms with Crippen LogP contribution in [0.1, 0.15) is 28.8 Å². The molecule has 1 aliphatic rings. The van der Waals surface area contributed by atoms with Crippen LogP contribution in [0.2, 0.25) is 0 Å². The Bertz CT molecular complexity index is 671. The summed E-state index contributed by atoms with van der Waals surface area (Å²) in [7, 11) is 0. The third kappa shape index (κ3) is 3.03. The van der Waals surface area contributed by atoms with Crippen LogP contribution in [0, 0.1) is 0 Å². The molecule has 0 aliphatic heterocycles. The van der Waals surface area contributed by atoms with Crippen LogP contribution in [0.25, 0.3) is 0 Å². The molecule has 0 bridgehead atoms. The second kappa shape index (κ2) is 6.18. The highest BCUT2D eigenvalue weighted by Gasteiger charge is 2.18. The number of aryl methyl sites for hydroxylation is 2. The summed E-state index contributed by atoms with van der Waals surface area (Å²) in [4.78, 5) is 4.73. The number of aromatic nitrogens is 1. The summed E-state index contributed by atoms with van der Waals surface area (Å²) >= 11 is 1.63. The summed E-state index contributed by atoms with van der Waals surface area (Å²) < 4.78 is 0. The molecule has 3 rings (SSSR count). The van der Waals surface area contributed by atoms with Gasteiger partial charge in [-0.3, -0.25) is 0 Å². The second-order valence-corrected chi connectivity index (χ2v) is 6.02. The Balaban J connectivity index is 1.89. The van der Waals surface area contributed by atoms with Gasteiger partial charge in [-0.25, -0.2) is 4.98 Å². The van der Waals surface area contributed by atoms with Crippen LogP contribution in [0.3, 0.4) is 0 Å². The number of thioether (sulfide) groups is 1. The number of rotatable bonds is 4. The number of nitrogens with two attached hydrogens (primary N) is 1. The molecule has 4 nitrogen and oxygen atoms in total. The van der Waals surface area contributed by atoms with Gasteiger partial charge in [-0.05, 0) is 36.5 Å². The molecule has 0 fully saturated rings. The Labute approximate surface area is 128 Å². The minimum atomic E-state index is 0.132. The van der Waals surface area contributed by atoms with Crippen molar-refractivity contribution in [1.82, 2.24) is 4.98 Å². The van der Waals surface area contributed by atoms with E-state index in [9.17, 15) is 0 Å². The van der Waals surface area contributed by atoms with Gasteiger partial charge in [0.2, 0.25) is 0 Å². The summed E-state index contributed by atoms with van der Waals surface area (Å²) in [6.45, 7) is 0. The highest BCUT2D eigenvalue weighted by atomic mass is 32.2. The van der Waals surface area contributed by atoms with Crippen LogP contribution >= 0.6 is 11.8 Å². The Morgan fingerprint density at radius 3 is 2.86 bits per heavy atom. The maximum absolute atomic E-state index is 8.97. The van der Waals surface area contributed by atoms with Crippen LogP contribution in [-0.4, -0.2) is 16.0 Å². The molecule has 5 heteroatoms. The molecule has 0 saturated carbocycles. The van der Waals surface area contributed by atoms with Gasteiger partial charge in [0.25, 0.3) is 0 Å². The number of nitrogens with zero attached hydrogens (tertiary/aromatic N) is 2. The third-order valence-corrected chi connectivity index (χ3v) is 4.68. The number of amidine groups is 1. The normalized spacial score (nSPS) is 14.2. The lowest BCUT2D eigenvalue weighted by Gasteiger charge is -2.10. The summed E-state index contributed by atoms with van der Waals surface area (Å²) in [5.41, 5.74) is 10.1. The van der Waals surface area contributed by atoms with E-state index in [2.05, 4.69) is 17.3 Å². The molecule has 0 saturated heterocycles. The van der Waals surface area contributed by atoms with Crippen LogP contribution in [0.5, 0.6) is 0 Å². The molecule has 1 aromatic carbocycles. The first-order valence-electron chi connectivity index (χ1n) is 6.95. The molecule has 21 heavy (non-hydrogen) atoms. The van der Waals surface area contributed by atoms with Gasteiger partial charge in [-0.1, -0.05) is 35.5 Å². The summed E-state index contributed by atoms with van der Waals surface area (Å²) in [6.07, 6.45) is 3.17. The summed E-state index contributed by atoms with van der Waals surface area (Å²) in [6, 6.07) is 12.3. The van der Waals surface area contributed by atoms with Gasteiger partial charge in [-0.15, -0.1) is 11.8 Å². The van der Waals surface area contributed by atoms with E-state index < -0.39 is 0 Å². The molecule has 0 radical (unpaired) electrons. The van der Waals surface area contributed by atoms with Crippen molar-refractivity contribution in [3.05, 3.63) is 58.8 Å². The lowest BCUT2D eigenvalue weighted by Crippen LogP contribution is -2.16. The lowest BCUT2D eigenvalue weighted by molar-refractivity contribution is 0.318. The second-order valence-electron chi connectivity index (χ2n) is 5.06. The number of pyridine rings is 1. The Morgan fingerprint density at radius 2 is 2.10 bits per heavy atom. The molecule has 3 N–H and O–H groups in total. The Kier molecular flexibility index (Phi) is 4.10. The summed E-state index contributed by atoms with van der Waals surface area (Å²) in [5.74, 6) is 0.950. The van der Waals surface area contributed by atoms with Crippen LogP contribution in [0.4, 0.5) is 0 Å². The monoisotopic (exact) mass is 299 g/mol. The zero-order valence-electron chi connectivity index (χ0n) is 11.6. The SMILES string of the molecule is NC(=NO)c1cc2c(nc1SCc1ccccc1)CCC2. The van der Waals surface area contributed by atoms with Gasteiger partial charge < -0.3 is 10.9 Å². The van der Waals surface area contributed by atoms with Gasteiger partial charge in [0, 0.05) is 11.4 Å². The van der Waals surface area contributed by atoms with E-state index in [0.717, 1.165) is 41.3 Å². The maximum atomic E-state index is 8.97. The van der Waals surface area contributed by atoms with Crippen molar-refractivity contribution in [2.24, 2.45) is 10.9 Å². The molecule has 0 amide bonds. The number of hydrogen-bond acceptors (Lipinski definition) is 4. The lowest BCUT2D eigenvalue weighted by atomic mass is 10.1. The first-order valence-corrected chi connectivity index (χ1v) is 7.94. The van der Waals surface area contributed by atoms with Crippen molar-refractivity contribution in [2.45, 2.75) is 30.0 Å². The quantitative estimate of drug-likeness (QED) is 0.299. The van der Waals surface area contributed by atoms with E-state index in [0.29, 0.717) is 0 Å². The van der Waals surface area contributed by atoms with Crippen molar-refractivity contribution >= 4 is 17.6 Å². The van der Waals surface area contributed by atoms with E-state index in [1.54, 1.807) is 11.8 Å². The predicted octanol–water partition coefficient (Wildman–Crippen LogP) is 2.96. The molecule has 1 aliphatic carbocycles. The first kappa shape index (κ1) is 13.9. The smallest absolute Gasteiger partial charge is 0.172 e. The predicted molar refractivity (Wildman–Crippen MR) is 84.8 cm³/mol. The van der Waals surface area contributed by atoms with Gasteiger partial charge >= 0.3 is 0 Å². The van der Waals surface area contributed by atoms with Crippen molar-refractivity contribution in [1.29, 1.82) is 0 Å². The molecule has 0 unspecified atom stereocenters. The molecule has 2 aromatic rings. The van der Waals surface area contributed by atoms with Crippen LogP contribution in [-0.2, 0) is 18.6 Å².